The van der Waals surface area contributed by atoms with E-state index in [2.05, 4.69) is 20.8 Å². The van der Waals surface area contributed by atoms with Crippen LogP contribution in [0.25, 0.3) is 5.65 Å². The van der Waals surface area contributed by atoms with Gasteiger partial charge in [-0.25, -0.2) is 4.79 Å². The van der Waals surface area contributed by atoms with Gasteiger partial charge in [0.05, 0.1) is 18.8 Å². The summed E-state index contributed by atoms with van der Waals surface area (Å²) in [5, 5.41) is 14.1. The van der Waals surface area contributed by atoms with Crippen LogP contribution in [0.5, 0.6) is 0 Å². The maximum atomic E-state index is 12.7. The van der Waals surface area contributed by atoms with Crippen LogP contribution in [0.15, 0.2) is 47.2 Å². The van der Waals surface area contributed by atoms with E-state index in [1.165, 1.54) is 6.26 Å². The van der Waals surface area contributed by atoms with Gasteiger partial charge in [-0.2, -0.15) is 11.8 Å². The van der Waals surface area contributed by atoms with Crippen LogP contribution in [-0.2, 0) is 16.1 Å². The van der Waals surface area contributed by atoms with Crippen molar-refractivity contribution in [2.45, 2.75) is 37.9 Å². The number of fused-ring (bicyclic) bond motifs is 1. The van der Waals surface area contributed by atoms with Crippen LogP contribution < -0.4 is 10.6 Å². The lowest BCUT2D eigenvalue weighted by molar-refractivity contribution is -0.128. The largest absolute Gasteiger partial charge is 0.467 e. The Balaban J connectivity index is 1.36. The third kappa shape index (κ3) is 4.77. The zero-order valence-electron chi connectivity index (χ0n) is 17.6. The molecule has 4 rings (SSSR count). The van der Waals surface area contributed by atoms with Crippen LogP contribution in [0.3, 0.4) is 0 Å². The fraction of sp³-hybridized carbons (Fsp3) is 0.381. The molecule has 3 aromatic heterocycles. The number of amides is 4. The molecule has 3 aromatic rings. The fourth-order valence-electron chi connectivity index (χ4n) is 3.62. The van der Waals surface area contributed by atoms with Gasteiger partial charge in [-0.05, 0) is 49.1 Å². The lowest BCUT2D eigenvalue weighted by Gasteiger charge is -2.17. The van der Waals surface area contributed by atoms with E-state index >= 15 is 0 Å². The zero-order chi connectivity index (χ0) is 22.5. The van der Waals surface area contributed by atoms with Crippen molar-refractivity contribution in [1.29, 1.82) is 0 Å². The molecular formula is C21H24N6O4S. The minimum atomic E-state index is -0.734. The van der Waals surface area contributed by atoms with Crippen LogP contribution in [0.4, 0.5) is 4.79 Å². The summed E-state index contributed by atoms with van der Waals surface area (Å²) in [6.45, 7) is 0.0665. The number of thioether (sulfide) groups is 1. The van der Waals surface area contributed by atoms with Gasteiger partial charge in [-0.3, -0.25) is 18.9 Å². The lowest BCUT2D eigenvalue weighted by Crippen LogP contribution is -2.34. The molecular weight excluding hydrogens is 432 g/mol. The Labute approximate surface area is 188 Å². The minimum Gasteiger partial charge on any atom is -0.467 e. The molecule has 168 valence electrons. The van der Waals surface area contributed by atoms with Gasteiger partial charge >= 0.3 is 6.03 Å². The first kappa shape index (κ1) is 21.9. The summed E-state index contributed by atoms with van der Waals surface area (Å²) in [6, 6.07) is 7.49. The molecule has 0 bridgehead atoms. The Morgan fingerprint density at radius 2 is 2.16 bits per heavy atom. The fourth-order valence-corrected chi connectivity index (χ4v) is 4.09. The molecule has 32 heavy (non-hydrogen) atoms. The molecule has 1 aliphatic rings. The van der Waals surface area contributed by atoms with Gasteiger partial charge in [-0.1, -0.05) is 6.07 Å². The highest BCUT2D eigenvalue weighted by molar-refractivity contribution is 7.98. The van der Waals surface area contributed by atoms with Crippen molar-refractivity contribution in [3.8, 4) is 0 Å². The maximum absolute atomic E-state index is 12.7. The van der Waals surface area contributed by atoms with E-state index in [1.54, 1.807) is 23.9 Å². The second-order valence-electron chi connectivity index (χ2n) is 7.43. The number of aromatic nitrogens is 3. The molecule has 4 amide bonds. The molecule has 0 spiro atoms. The Morgan fingerprint density at radius 1 is 1.28 bits per heavy atom. The molecule has 0 saturated carbocycles. The first-order chi connectivity index (χ1) is 15.6. The Morgan fingerprint density at radius 3 is 2.94 bits per heavy atom. The van der Waals surface area contributed by atoms with E-state index < -0.39 is 12.1 Å². The van der Waals surface area contributed by atoms with Crippen LogP contribution in [0, 0.1) is 0 Å². The van der Waals surface area contributed by atoms with Crippen LogP contribution >= 0.6 is 11.8 Å². The van der Waals surface area contributed by atoms with Gasteiger partial charge in [-0.15, -0.1) is 10.2 Å². The van der Waals surface area contributed by atoms with Gasteiger partial charge in [0.1, 0.15) is 11.8 Å². The molecule has 1 fully saturated rings. The molecule has 11 heteroatoms. The van der Waals surface area contributed by atoms with Gasteiger partial charge in [0.15, 0.2) is 11.5 Å². The van der Waals surface area contributed by atoms with E-state index in [0.29, 0.717) is 23.7 Å². The second-order valence-corrected chi connectivity index (χ2v) is 8.42. The molecule has 0 unspecified atom stereocenters. The monoisotopic (exact) mass is 456 g/mol. The first-order valence-electron chi connectivity index (χ1n) is 10.3. The highest BCUT2D eigenvalue weighted by Gasteiger charge is 2.38. The Kier molecular flexibility index (Phi) is 6.74. The number of imide groups is 1. The molecule has 1 aliphatic heterocycles. The third-order valence-electron chi connectivity index (χ3n) is 5.26. The number of carbonyl (C=O) groups excluding carboxylic acids is 3. The lowest BCUT2D eigenvalue weighted by atomic mass is 10.1. The van der Waals surface area contributed by atoms with Crippen molar-refractivity contribution in [2.75, 3.05) is 12.0 Å². The third-order valence-corrected chi connectivity index (χ3v) is 5.90. The molecule has 0 aliphatic carbocycles. The van der Waals surface area contributed by atoms with Crippen LogP contribution in [-0.4, -0.2) is 55.4 Å². The highest BCUT2D eigenvalue weighted by Crippen LogP contribution is 2.20. The maximum Gasteiger partial charge on any atom is 0.325 e. The second kappa shape index (κ2) is 9.86. The number of rotatable bonds is 10. The van der Waals surface area contributed by atoms with Crippen molar-refractivity contribution < 1.29 is 18.8 Å². The average Bonchev–Trinajstić information content (AvgIpc) is 3.52. The van der Waals surface area contributed by atoms with Gasteiger partial charge in [0.2, 0.25) is 5.91 Å². The zero-order valence-corrected chi connectivity index (χ0v) is 18.4. The number of nitrogens with zero attached hydrogens (tertiary/aromatic N) is 4. The predicted octanol–water partition coefficient (Wildman–Crippen LogP) is 2.13. The molecule has 2 atom stereocenters. The van der Waals surface area contributed by atoms with Crippen LogP contribution in [0.1, 0.15) is 36.9 Å². The highest BCUT2D eigenvalue weighted by atomic mass is 32.2. The van der Waals surface area contributed by atoms with Crippen molar-refractivity contribution >= 4 is 35.3 Å². The summed E-state index contributed by atoms with van der Waals surface area (Å²) >= 11 is 1.68. The smallest absolute Gasteiger partial charge is 0.325 e. The van der Waals surface area contributed by atoms with Crippen molar-refractivity contribution in [1.82, 2.24) is 30.1 Å². The molecule has 1 saturated heterocycles. The first-order valence-corrected chi connectivity index (χ1v) is 11.7. The number of nitrogens with one attached hydrogen (secondary N) is 2. The number of carbonyl (C=O) groups is 3. The molecule has 0 aromatic carbocycles. The predicted molar refractivity (Wildman–Crippen MR) is 118 cm³/mol. The van der Waals surface area contributed by atoms with E-state index in [9.17, 15) is 14.4 Å². The Bertz CT molecular complexity index is 1100. The van der Waals surface area contributed by atoms with Gasteiger partial charge in [0, 0.05) is 12.6 Å². The van der Waals surface area contributed by atoms with Crippen molar-refractivity contribution in [2.24, 2.45) is 0 Å². The number of hydrogen-bond acceptors (Lipinski definition) is 7. The molecule has 4 heterocycles. The van der Waals surface area contributed by atoms with E-state index in [1.807, 2.05) is 35.1 Å². The summed E-state index contributed by atoms with van der Waals surface area (Å²) < 4.78 is 7.07. The average molecular weight is 457 g/mol. The summed E-state index contributed by atoms with van der Waals surface area (Å²) in [4.78, 5) is 38.6. The van der Waals surface area contributed by atoms with E-state index in [-0.39, 0.29) is 37.2 Å². The van der Waals surface area contributed by atoms with Crippen LogP contribution in [0.2, 0.25) is 0 Å². The summed E-state index contributed by atoms with van der Waals surface area (Å²) in [5.74, 6) is 1.45. The number of furan rings is 1. The van der Waals surface area contributed by atoms with Crippen molar-refractivity contribution in [3.05, 3.63) is 54.4 Å². The summed E-state index contributed by atoms with van der Waals surface area (Å²) in [7, 11) is 0. The van der Waals surface area contributed by atoms with Gasteiger partial charge < -0.3 is 15.1 Å². The Hall–Kier alpha value is -3.34. The normalized spacial score (nSPS) is 17.0. The van der Waals surface area contributed by atoms with Gasteiger partial charge in [0.25, 0.3) is 5.91 Å². The summed E-state index contributed by atoms with van der Waals surface area (Å²) in [5.41, 5.74) is 0.710. The quantitative estimate of drug-likeness (QED) is 0.448. The number of pyridine rings is 1. The van der Waals surface area contributed by atoms with Crippen molar-refractivity contribution in [3.63, 3.8) is 0 Å². The van der Waals surface area contributed by atoms with E-state index in [0.717, 1.165) is 10.7 Å². The standard InChI is InChI=1S/C21H24N6O4S/c1-32-12-9-15(19-25-24-17-6-2-3-10-26(17)19)22-18(28)8-7-16-20(29)27(21(30)23-16)13-14-5-4-11-31-14/h2-6,10-11,15-16H,7-9,12-13H2,1H3,(H,22,28)(H,23,30)/t15-,16+/m0/s1. The van der Waals surface area contributed by atoms with E-state index in [4.69, 9.17) is 4.42 Å². The minimum absolute atomic E-state index is 0.0665. The topological polar surface area (TPSA) is 122 Å². The summed E-state index contributed by atoms with van der Waals surface area (Å²) in [6.07, 6.45) is 6.35. The molecule has 0 radical (unpaired) electrons. The molecule has 10 nitrogen and oxygen atoms in total. The SMILES string of the molecule is CSCC[C@H](NC(=O)CC[C@H]1NC(=O)N(Cc2ccco2)C1=O)c1nnc2ccccn12. The molecule has 2 N–H and O–H groups in total. The number of urea groups is 1. The number of hydrogen-bond donors (Lipinski definition) is 2.